The van der Waals surface area contributed by atoms with Crippen molar-refractivity contribution in [3.05, 3.63) is 85.5 Å². The normalized spacial score (nSPS) is 10.4. The first kappa shape index (κ1) is 22.0. The van der Waals surface area contributed by atoms with Gasteiger partial charge in [-0.3, -0.25) is 14.4 Å². The minimum atomic E-state index is -0.482. The Morgan fingerprint density at radius 3 is 2.55 bits per heavy atom. The number of thiophene rings is 1. The maximum absolute atomic E-state index is 12.4. The molecule has 0 aliphatic carbocycles. The lowest BCUT2D eigenvalue weighted by Gasteiger charge is -2.12. The monoisotopic (exact) mass is 434 g/mol. The molecule has 0 radical (unpaired) electrons. The third-order valence-electron chi connectivity index (χ3n) is 4.79. The van der Waals surface area contributed by atoms with E-state index in [-0.39, 0.29) is 18.0 Å². The number of carbonyl (C=O) groups is 2. The van der Waals surface area contributed by atoms with Gasteiger partial charge in [0.2, 0.25) is 5.91 Å². The molecule has 0 atom stereocenters. The molecular weight excluding hydrogens is 412 g/mol. The third-order valence-corrected chi connectivity index (χ3v) is 5.72. The van der Waals surface area contributed by atoms with Crippen LogP contribution >= 0.6 is 11.3 Å². The number of pyridine rings is 1. The number of rotatable bonds is 7. The van der Waals surface area contributed by atoms with E-state index in [2.05, 4.69) is 10.6 Å². The number of hydrogen-bond acceptors (Lipinski definition) is 5. The molecule has 2 N–H and O–H groups in total. The van der Waals surface area contributed by atoms with Crippen molar-refractivity contribution in [3.8, 4) is 6.07 Å². The second-order valence-electron chi connectivity index (χ2n) is 7.06. The first-order valence-electron chi connectivity index (χ1n) is 9.70. The van der Waals surface area contributed by atoms with Gasteiger partial charge in [0.1, 0.15) is 18.2 Å². The van der Waals surface area contributed by atoms with Crippen LogP contribution in [0.4, 0.5) is 5.69 Å². The van der Waals surface area contributed by atoms with E-state index < -0.39 is 11.5 Å². The van der Waals surface area contributed by atoms with Gasteiger partial charge in [-0.05, 0) is 67.6 Å². The summed E-state index contributed by atoms with van der Waals surface area (Å²) in [4.78, 5) is 38.3. The van der Waals surface area contributed by atoms with E-state index in [0.717, 1.165) is 6.42 Å². The quantitative estimate of drug-likeness (QED) is 0.596. The summed E-state index contributed by atoms with van der Waals surface area (Å²) in [5.74, 6) is -0.577. The molecular formula is C23H22N4O3S. The highest BCUT2D eigenvalue weighted by atomic mass is 32.1. The van der Waals surface area contributed by atoms with Gasteiger partial charge >= 0.3 is 0 Å². The van der Waals surface area contributed by atoms with Gasteiger partial charge in [0.05, 0.1) is 0 Å². The number of aryl methyl sites for hydroxylation is 2. The minimum absolute atomic E-state index is 0.0350. The molecule has 0 fully saturated rings. The Hall–Kier alpha value is -3.70. The van der Waals surface area contributed by atoms with Crippen LogP contribution in [-0.4, -0.2) is 22.9 Å². The fourth-order valence-electron chi connectivity index (χ4n) is 3.16. The molecule has 7 nitrogen and oxygen atoms in total. The van der Waals surface area contributed by atoms with Crippen LogP contribution in [0.1, 0.15) is 32.1 Å². The number of carbonyl (C=O) groups excluding carboxylic acids is 2. The number of nitrogens with one attached hydrogen (secondary N) is 2. The van der Waals surface area contributed by atoms with Crippen LogP contribution in [0.15, 0.2) is 52.6 Å². The first-order valence-corrected chi connectivity index (χ1v) is 10.6. The Morgan fingerprint density at radius 2 is 1.90 bits per heavy atom. The largest absolute Gasteiger partial charge is 0.352 e. The average molecular weight is 435 g/mol. The fourth-order valence-corrected chi connectivity index (χ4v) is 3.87. The molecule has 8 heteroatoms. The number of anilines is 1. The Balaban J connectivity index is 1.58. The molecule has 0 aliphatic heterocycles. The van der Waals surface area contributed by atoms with Gasteiger partial charge in [0, 0.05) is 28.4 Å². The number of nitrogens with zero attached hydrogens (tertiary/aromatic N) is 2. The van der Waals surface area contributed by atoms with E-state index in [9.17, 15) is 14.4 Å². The molecule has 1 aromatic carbocycles. The van der Waals surface area contributed by atoms with Crippen LogP contribution in [0.25, 0.3) is 0 Å². The van der Waals surface area contributed by atoms with E-state index in [1.807, 2.05) is 23.6 Å². The number of amides is 2. The summed E-state index contributed by atoms with van der Waals surface area (Å²) in [7, 11) is 0. The predicted molar refractivity (Wildman–Crippen MR) is 120 cm³/mol. The molecule has 31 heavy (non-hydrogen) atoms. The topological polar surface area (TPSA) is 104 Å². The van der Waals surface area contributed by atoms with Gasteiger partial charge in [0.15, 0.2) is 0 Å². The summed E-state index contributed by atoms with van der Waals surface area (Å²) in [6.07, 6.45) is 0.781. The molecule has 2 aromatic heterocycles. The zero-order valence-electron chi connectivity index (χ0n) is 17.3. The van der Waals surface area contributed by atoms with Gasteiger partial charge < -0.3 is 15.2 Å². The van der Waals surface area contributed by atoms with Gasteiger partial charge in [-0.15, -0.1) is 11.3 Å². The zero-order valence-corrected chi connectivity index (χ0v) is 18.1. The summed E-state index contributed by atoms with van der Waals surface area (Å²) in [5, 5.41) is 16.8. The van der Waals surface area contributed by atoms with E-state index in [0.29, 0.717) is 29.1 Å². The summed E-state index contributed by atoms with van der Waals surface area (Å²) < 4.78 is 1.27. The molecule has 3 aromatic rings. The van der Waals surface area contributed by atoms with Gasteiger partial charge in [-0.1, -0.05) is 6.07 Å². The van der Waals surface area contributed by atoms with Crippen molar-refractivity contribution in [1.29, 1.82) is 5.26 Å². The summed E-state index contributed by atoms with van der Waals surface area (Å²) in [5.41, 5.74) is 1.75. The minimum Gasteiger partial charge on any atom is -0.352 e. The van der Waals surface area contributed by atoms with Gasteiger partial charge in [-0.2, -0.15) is 5.26 Å². The maximum atomic E-state index is 12.4. The molecule has 0 saturated carbocycles. The lowest BCUT2D eigenvalue weighted by Crippen LogP contribution is -2.31. The molecule has 0 saturated heterocycles. The molecule has 158 valence electrons. The van der Waals surface area contributed by atoms with Gasteiger partial charge in [0.25, 0.3) is 11.5 Å². The molecule has 2 heterocycles. The molecule has 3 rings (SSSR count). The predicted octanol–water partition coefficient (Wildman–Crippen LogP) is 3.01. The lowest BCUT2D eigenvalue weighted by molar-refractivity contribution is -0.116. The van der Waals surface area contributed by atoms with Gasteiger partial charge in [-0.25, -0.2) is 0 Å². The molecule has 0 bridgehead atoms. The van der Waals surface area contributed by atoms with Crippen molar-refractivity contribution in [2.75, 3.05) is 11.9 Å². The third kappa shape index (κ3) is 5.47. The van der Waals surface area contributed by atoms with E-state index in [4.69, 9.17) is 5.26 Å². The second-order valence-corrected chi connectivity index (χ2v) is 8.09. The number of nitriles is 1. The van der Waals surface area contributed by atoms with Crippen molar-refractivity contribution in [2.45, 2.75) is 26.8 Å². The number of hydrogen-bond donors (Lipinski definition) is 2. The number of benzene rings is 1. The molecule has 0 spiro atoms. The average Bonchev–Trinajstić information content (AvgIpc) is 3.25. The van der Waals surface area contributed by atoms with Crippen LogP contribution in [-0.2, 0) is 17.8 Å². The van der Waals surface area contributed by atoms with Crippen molar-refractivity contribution in [2.24, 2.45) is 0 Å². The van der Waals surface area contributed by atoms with Crippen molar-refractivity contribution >= 4 is 28.8 Å². The summed E-state index contributed by atoms with van der Waals surface area (Å²) in [6, 6.07) is 14.1. The first-order chi connectivity index (χ1) is 14.9. The van der Waals surface area contributed by atoms with Crippen LogP contribution in [0, 0.1) is 25.2 Å². The van der Waals surface area contributed by atoms with Crippen LogP contribution in [0.3, 0.4) is 0 Å². The van der Waals surface area contributed by atoms with Crippen LogP contribution in [0.2, 0.25) is 0 Å². The number of aromatic nitrogens is 1. The highest BCUT2D eigenvalue weighted by molar-refractivity contribution is 7.09. The Bertz CT molecular complexity index is 1190. The maximum Gasteiger partial charge on any atom is 0.269 e. The Labute approximate surface area is 184 Å². The SMILES string of the molecule is Cc1cc(C)n(CC(=O)Nc2ccc(C(=O)NCCc3cccs3)cc2)c(=O)c1C#N. The lowest BCUT2D eigenvalue weighted by atomic mass is 10.1. The van der Waals surface area contributed by atoms with Crippen molar-refractivity contribution < 1.29 is 9.59 Å². The van der Waals surface area contributed by atoms with Crippen molar-refractivity contribution in [1.82, 2.24) is 9.88 Å². The standard InChI is InChI=1S/C23H22N4O3S/c1-15-12-16(2)27(23(30)20(15)13-24)14-21(28)26-18-7-5-17(6-8-18)22(29)25-10-9-19-4-3-11-31-19/h3-8,11-12H,9-10,14H2,1-2H3,(H,25,29)(H,26,28). The smallest absolute Gasteiger partial charge is 0.269 e. The van der Waals surface area contributed by atoms with Crippen LogP contribution in [0.5, 0.6) is 0 Å². The molecule has 0 unspecified atom stereocenters. The summed E-state index contributed by atoms with van der Waals surface area (Å²) >= 11 is 1.65. The zero-order chi connectivity index (χ0) is 22.4. The van der Waals surface area contributed by atoms with E-state index in [1.165, 1.54) is 9.44 Å². The summed E-state index contributed by atoms with van der Waals surface area (Å²) in [6.45, 7) is 3.75. The Kier molecular flexibility index (Phi) is 7.00. The molecule has 0 aliphatic rings. The van der Waals surface area contributed by atoms with E-state index >= 15 is 0 Å². The fraction of sp³-hybridized carbons (Fsp3) is 0.217. The Morgan fingerprint density at radius 1 is 1.16 bits per heavy atom. The highest BCUT2D eigenvalue weighted by Crippen LogP contribution is 2.12. The van der Waals surface area contributed by atoms with Crippen LogP contribution < -0.4 is 16.2 Å². The van der Waals surface area contributed by atoms with E-state index in [1.54, 1.807) is 55.5 Å². The van der Waals surface area contributed by atoms with Crippen molar-refractivity contribution in [3.63, 3.8) is 0 Å². The second kappa shape index (κ2) is 9.87. The highest BCUT2D eigenvalue weighted by Gasteiger charge is 2.13. The molecule has 2 amide bonds.